The minimum Gasteiger partial charge on any atom is -0.465 e. The lowest BCUT2D eigenvalue weighted by molar-refractivity contribution is -0.115. The third-order valence-corrected chi connectivity index (χ3v) is 5.18. The maximum absolute atomic E-state index is 13.0. The minimum atomic E-state index is -0.408. The van der Waals surface area contributed by atoms with Gasteiger partial charge in [-0.25, -0.2) is 4.79 Å². The van der Waals surface area contributed by atoms with Crippen LogP contribution in [0.15, 0.2) is 89.8 Å². The molecule has 3 rings (SSSR count). The number of carbonyl (C=O) groups is 2. The maximum atomic E-state index is 13.0. The molecule has 0 saturated carbocycles. The van der Waals surface area contributed by atoms with E-state index >= 15 is 0 Å². The number of rotatable bonds is 6. The van der Waals surface area contributed by atoms with Crippen LogP contribution >= 0.6 is 11.8 Å². The summed E-state index contributed by atoms with van der Waals surface area (Å²) in [6.07, 6.45) is 0. The van der Waals surface area contributed by atoms with Gasteiger partial charge in [0.15, 0.2) is 0 Å². The normalized spacial score (nSPS) is 11.4. The molecule has 0 radical (unpaired) electrons. The van der Waals surface area contributed by atoms with Gasteiger partial charge in [0, 0.05) is 10.6 Å². The first-order chi connectivity index (χ1) is 13.2. The Balaban J connectivity index is 1.79. The van der Waals surface area contributed by atoms with E-state index in [-0.39, 0.29) is 5.91 Å². The first-order valence-electron chi connectivity index (χ1n) is 8.43. The Morgan fingerprint density at radius 1 is 0.852 bits per heavy atom. The van der Waals surface area contributed by atoms with Crippen molar-refractivity contribution < 1.29 is 14.3 Å². The van der Waals surface area contributed by atoms with Crippen LogP contribution in [0.1, 0.15) is 21.2 Å². The number of ether oxygens (including phenoxy) is 1. The van der Waals surface area contributed by atoms with Crippen molar-refractivity contribution in [3.63, 3.8) is 0 Å². The van der Waals surface area contributed by atoms with Crippen LogP contribution in [0.5, 0.6) is 0 Å². The van der Waals surface area contributed by atoms with Crippen molar-refractivity contribution in [3.8, 4) is 0 Å². The van der Waals surface area contributed by atoms with Crippen LogP contribution in [0, 0.1) is 0 Å². The van der Waals surface area contributed by atoms with Crippen LogP contribution in [0.4, 0.5) is 5.69 Å². The molecule has 1 amide bonds. The van der Waals surface area contributed by atoms with Gasteiger partial charge in [0.25, 0.3) is 0 Å². The van der Waals surface area contributed by atoms with Crippen LogP contribution in [-0.4, -0.2) is 19.0 Å². The summed E-state index contributed by atoms with van der Waals surface area (Å²) in [5.74, 6) is -0.532. The summed E-state index contributed by atoms with van der Waals surface area (Å²) in [6.45, 7) is 0. The largest absolute Gasteiger partial charge is 0.465 e. The minimum absolute atomic E-state index is 0.124. The summed E-state index contributed by atoms with van der Waals surface area (Å²) in [5.41, 5.74) is 1.99. The van der Waals surface area contributed by atoms with Crippen LogP contribution in [0.2, 0.25) is 0 Å². The Kier molecular flexibility index (Phi) is 6.28. The summed E-state index contributed by atoms with van der Waals surface area (Å²) < 4.78 is 4.69. The number of nitrogens with one attached hydrogen (secondary N) is 1. The molecule has 136 valence electrons. The van der Waals surface area contributed by atoms with Crippen molar-refractivity contribution in [1.29, 1.82) is 0 Å². The number of thioether (sulfide) groups is 1. The lowest BCUT2D eigenvalue weighted by Gasteiger charge is -2.17. The number of methoxy groups -OCH3 is 1. The number of hydrogen-bond acceptors (Lipinski definition) is 4. The highest BCUT2D eigenvalue weighted by atomic mass is 32.2. The van der Waals surface area contributed by atoms with Gasteiger partial charge < -0.3 is 10.1 Å². The number of benzene rings is 3. The van der Waals surface area contributed by atoms with Crippen LogP contribution in [0.3, 0.4) is 0 Å². The Morgan fingerprint density at radius 3 is 2.04 bits per heavy atom. The zero-order valence-corrected chi connectivity index (χ0v) is 15.6. The fraction of sp³-hybridized carbons (Fsp3) is 0.0909. The number of esters is 1. The number of anilines is 1. The highest BCUT2D eigenvalue weighted by Gasteiger charge is 2.22. The molecule has 0 aliphatic rings. The molecule has 0 aliphatic carbocycles. The average Bonchev–Trinajstić information content (AvgIpc) is 2.73. The molecule has 3 aromatic rings. The first-order valence-corrected chi connectivity index (χ1v) is 9.31. The fourth-order valence-electron chi connectivity index (χ4n) is 2.55. The molecule has 5 heteroatoms. The molecule has 0 fully saturated rings. The standard InChI is InChI=1S/C22H19NO3S/c1-26-22(25)17-12-14-18(15-13-17)23-21(24)20(16-8-4-2-5-9-16)27-19-10-6-3-7-11-19/h2-15,20H,1H3,(H,23,24)/t20-/m0/s1. The molecule has 0 bridgehead atoms. The first kappa shape index (κ1) is 18.7. The summed E-state index contributed by atoms with van der Waals surface area (Å²) >= 11 is 1.49. The quantitative estimate of drug-likeness (QED) is 0.488. The van der Waals surface area contributed by atoms with Crippen molar-refractivity contribution in [3.05, 3.63) is 96.1 Å². The molecule has 0 spiro atoms. The van der Waals surface area contributed by atoms with Gasteiger partial charge in [-0.05, 0) is 42.0 Å². The second-order valence-electron chi connectivity index (χ2n) is 5.78. The molecule has 4 nitrogen and oxygen atoms in total. The highest BCUT2D eigenvalue weighted by Crippen LogP contribution is 2.36. The zero-order chi connectivity index (χ0) is 19.1. The molecule has 0 saturated heterocycles. The summed E-state index contributed by atoms with van der Waals surface area (Å²) in [4.78, 5) is 25.5. The summed E-state index contributed by atoms with van der Waals surface area (Å²) in [6, 6.07) is 26.1. The van der Waals surface area contributed by atoms with Crippen molar-refractivity contribution in [1.82, 2.24) is 0 Å². The van der Waals surface area contributed by atoms with Gasteiger partial charge in [-0.3, -0.25) is 4.79 Å². The third kappa shape index (κ3) is 4.99. The van der Waals surface area contributed by atoms with Crippen molar-refractivity contribution >= 4 is 29.3 Å². The van der Waals surface area contributed by atoms with Gasteiger partial charge in [-0.15, -0.1) is 11.8 Å². The van der Waals surface area contributed by atoms with E-state index in [1.807, 2.05) is 60.7 Å². The van der Waals surface area contributed by atoms with E-state index < -0.39 is 11.2 Å². The Morgan fingerprint density at radius 2 is 1.44 bits per heavy atom. The van der Waals surface area contributed by atoms with Gasteiger partial charge in [0.2, 0.25) is 5.91 Å². The lowest BCUT2D eigenvalue weighted by atomic mass is 10.1. The van der Waals surface area contributed by atoms with Gasteiger partial charge >= 0.3 is 5.97 Å². The summed E-state index contributed by atoms with van der Waals surface area (Å²) in [5, 5.41) is 2.54. The topological polar surface area (TPSA) is 55.4 Å². The van der Waals surface area contributed by atoms with E-state index in [0.717, 1.165) is 10.5 Å². The van der Waals surface area contributed by atoms with E-state index in [1.165, 1.54) is 18.9 Å². The van der Waals surface area contributed by atoms with E-state index in [4.69, 9.17) is 4.74 Å². The molecular formula is C22H19NO3S. The Bertz CT molecular complexity index is 896. The monoisotopic (exact) mass is 377 g/mol. The molecule has 0 aliphatic heterocycles. The van der Waals surface area contributed by atoms with Crippen LogP contribution < -0.4 is 5.32 Å². The van der Waals surface area contributed by atoms with Crippen molar-refractivity contribution in [2.45, 2.75) is 10.1 Å². The van der Waals surface area contributed by atoms with Crippen molar-refractivity contribution in [2.24, 2.45) is 0 Å². The Labute approximate surface area is 162 Å². The smallest absolute Gasteiger partial charge is 0.337 e. The second-order valence-corrected chi connectivity index (χ2v) is 6.96. The van der Waals surface area contributed by atoms with Gasteiger partial charge in [-0.1, -0.05) is 48.5 Å². The molecule has 1 N–H and O–H groups in total. The fourth-order valence-corrected chi connectivity index (χ4v) is 3.60. The van der Waals surface area contributed by atoms with Gasteiger partial charge in [-0.2, -0.15) is 0 Å². The highest BCUT2D eigenvalue weighted by molar-refractivity contribution is 8.00. The molecule has 1 atom stereocenters. The van der Waals surface area contributed by atoms with E-state index in [0.29, 0.717) is 11.3 Å². The number of amides is 1. The SMILES string of the molecule is COC(=O)c1ccc(NC(=O)[C@@H](Sc2ccccc2)c2ccccc2)cc1. The molecule has 0 aromatic heterocycles. The van der Waals surface area contributed by atoms with E-state index in [1.54, 1.807) is 24.3 Å². The van der Waals surface area contributed by atoms with Gasteiger partial charge in [0.05, 0.1) is 12.7 Å². The van der Waals surface area contributed by atoms with Crippen LogP contribution in [-0.2, 0) is 9.53 Å². The van der Waals surface area contributed by atoms with Crippen LogP contribution in [0.25, 0.3) is 0 Å². The molecule has 3 aromatic carbocycles. The second kappa shape index (κ2) is 9.05. The van der Waals surface area contributed by atoms with E-state index in [9.17, 15) is 9.59 Å². The lowest BCUT2D eigenvalue weighted by Crippen LogP contribution is -2.19. The predicted octanol–water partition coefficient (Wildman–Crippen LogP) is 4.95. The third-order valence-electron chi connectivity index (χ3n) is 3.91. The molecule has 27 heavy (non-hydrogen) atoms. The zero-order valence-electron chi connectivity index (χ0n) is 14.8. The molecule has 0 unspecified atom stereocenters. The predicted molar refractivity (Wildman–Crippen MR) is 108 cm³/mol. The number of hydrogen-bond donors (Lipinski definition) is 1. The number of carbonyl (C=O) groups excluding carboxylic acids is 2. The molecule has 0 heterocycles. The Hall–Kier alpha value is -3.05. The average molecular weight is 377 g/mol. The van der Waals surface area contributed by atoms with E-state index in [2.05, 4.69) is 5.32 Å². The summed E-state index contributed by atoms with van der Waals surface area (Å²) in [7, 11) is 1.34. The maximum Gasteiger partial charge on any atom is 0.337 e. The van der Waals surface area contributed by atoms with Crippen molar-refractivity contribution in [2.75, 3.05) is 12.4 Å². The molecular weight excluding hydrogens is 358 g/mol. The van der Waals surface area contributed by atoms with Gasteiger partial charge in [0.1, 0.15) is 5.25 Å².